The van der Waals surface area contributed by atoms with Crippen LogP contribution in [0.4, 0.5) is 0 Å². The van der Waals surface area contributed by atoms with Crippen LogP contribution in [0.5, 0.6) is 0 Å². The Bertz CT molecular complexity index is 805. The molecule has 144 valence electrons. The summed E-state index contributed by atoms with van der Waals surface area (Å²) < 4.78 is 5.34. The summed E-state index contributed by atoms with van der Waals surface area (Å²) >= 11 is 1.49. The van der Waals surface area contributed by atoms with Crippen LogP contribution in [-0.2, 0) is 20.7 Å². The zero-order chi connectivity index (χ0) is 19.6. The second kappa shape index (κ2) is 8.19. The van der Waals surface area contributed by atoms with Gasteiger partial charge in [0.25, 0.3) is 0 Å². The Balaban J connectivity index is 1.83. The maximum atomic E-state index is 12.2. The predicted octanol–water partition coefficient (Wildman–Crippen LogP) is 3.43. The average molecular weight is 388 g/mol. The fourth-order valence-electron chi connectivity index (χ4n) is 3.45. The predicted molar refractivity (Wildman–Crippen MR) is 103 cm³/mol. The van der Waals surface area contributed by atoms with E-state index in [4.69, 9.17) is 4.74 Å². The van der Waals surface area contributed by atoms with Crippen LogP contribution in [0.3, 0.4) is 0 Å². The molecule has 3 rings (SSSR count). The molecule has 7 heteroatoms. The van der Waals surface area contributed by atoms with Crippen LogP contribution in [0.25, 0.3) is 10.6 Å². The summed E-state index contributed by atoms with van der Waals surface area (Å²) in [6.07, 6.45) is 0.239. The molecule has 0 aliphatic carbocycles. The minimum Gasteiger partial charge on any atom is -0.480 e. The Kier molecular flexibility index (Phi) is 5.92. The average Bonchev–Trinajstić information content (AvgIpc) is 3.18. The lowest BCUT2D eigenvalue weighted by Gasteiger charge is -2.30. The highest BCUT2D eigenvalue weighted by molar-refractivity contribution is 7.13. The number of benzene rings is 1. The highest BCUT2D eigenvalue weighted by Crippen LogP contribution is 2.29. The van der Waals surface area contributed by atoms with Crippen molar-refractivity contribution in [3.63, 3.8) is 0 Å². The highest BCUT2D eigenvalue weighted by atomic mass is 32.1. The van der Waals surface area contributed by atoms with Crippen molar-refractivity contribution in [2.75, 3.05) is 0 Å². The molecule has 0 amide bonds. The number of thiazole rings is 1. The lowest BCUT2D eigenvalue weighted by Crippen LogP contribution is -2.50. The molecule has 2 aromatic rings. The Labute approximate surface area is 162 Å². The van der Waals surface area contributed by atoms with Gasteiger partial charge >= 0.3 is 11.9 Å². The van der Waals surface area contributed by atoms with Gasteiger partial charge in [0.1, 0.15) is 17.1 Å². The summed E-state index contributed by atoms with van der Waals surface area (Å²) in [5.74, 6) is -1.05. The molecule has 0 spiro atoms. The first-order valence-corrected chi connectivity index (χ1v) is 9.95. The fourth-order valence-corrected chi connectivity index (χ4v) is 4.29. The Morgan fingerprint density at radius 1 is 1.33 bits per heavy atom. The maximum absolute atomic E-state index is 12.2. The number of carbonyl (C=O) groups is 2. The van der Waals surface area contributed by atoms with Crippen molar-refractivity contribution in [2.24, 2.45) is 5.92 Å². The molecule has 1 aliphatic heterocycles. The molecule has 0 bridgehead atoms. The molecule has 0 saturated carbocycles. The van der Waals surface area contributed by atoms with Crippen LogP contribution < -0.4 is 0 Å². The van der Waals surface area contributed by atoms with E-state index in [0.29, 0.717) is 12.1 Å². The number of nitrogens with zero attached hydrogens (tertiary/aromatic N) is 2. The van der Waals surface area contributed by atoms with Gasteiger partial charge in [-0.2, -0.15) is 0 Å². The monoisotopic (exact) mass is 388 g/mol. The van der Waals surface area contributed by atoms with Gasteiger partial charge in [-0.05, 0) is 19.3 Å². The van der Waals surface area contributed by atoms with Crippen LogP contribution in [0.1, 0.15) is 32.9 Å². The third-order valence-electron chi connectivity index (χ3n) is 4.65. The van der Waals surface area contributed by atoms with Gasteiger partial charge in [0.15, 0.2) is 6.23 Å². The molecule has 3 unspecified atom stereocenters. The number of carbonyl (C=O) groups excluding carboxylic acids is 1. The minimum absolute atomic E-state index is 0.230. The number of carboxylic acids is 1. The van der Waals surface area contributed by atoms with Crippen molar-refractivity contribution in [1.29, 1.82) is 0 Å². The second-order valence-electron chi connectivity index (χ2n) is 7.20. The summed E-state index contributed by atoms with van der Waals surface area (Å²) in [4.78, 5) is 30.5. The Morgan fingerprint density at radius 2 is 2.04 bits per heavy atom. The number of esters is 1. The van der Waals surface area contributed by atoms with E-state index in [1.165, 1.54) is 11.3 Å². The van der Waals surface area contributed by atoms with E-state index in [-0.39, 0.29) is 18.3 Å². The number of cyclic esters (lactones) is 1. The van der Waals surface area contributed by atoms with Gasteiger partial charge in [-0.3, -0.25) is 9.59 Å². The quantitative estimate of drug-likeness (QED) is 0.732. The van der Waals surface area contributed by atoms with E-state index < -0.39 is 24.3 Å². The van der Waals surface area contributed by atoms with Gasteiger partial charge < -0.3 is 9.84 Å². The molecule has 27 heavy (non-hydrogen) atoms. The zero-order valence-corrected chi connectivity index (χ0v) is 16.5. The van der Waals surface area contributed by atoms with Crippen LogP contribution in [0, 0.1) is 5.92 Å². The number of ether oxygens (including phenoxy) is 1. The second-order valence-corrected chi connectivity index (χ2v) is 8.06. The molecule has 1 saturated heterocycles. The number of rotatable bonds is 7. The van der Waals surface area contributed by atoms with E-state index in [1.54, 1.807) is 11.8 Å². The summed E-state index contributed by atoms with van der Waals surface area (Å²) in [5.41, 5.74) is 1.72. The lowest BCUT2D eigenvalue weighted by molar-refractivity contribution is -0.147. The number of carboxylic acid groups (broad SMARTS) is 1. The lowest BCUT2D eigenvalue weighted by atomic mass is 10.00. The molecule has 1 aliphatic rings. The fraction of sp³-hybridized carbons (Fsp3) is 0.450. The number of hydrogen-bond donors (Lipinski definition) is 1. The zero-order valence-electron chi connectivity index (χ0n) is 15.7. The number of aliphatic carboxylic acids is 1. The first-order valence-electron chi connectivity index (χ1n) is 9.07. The van der Waals surface area contributed by atoms with Crippen molar-refractivity contribution >= 4 is 23.3 Å². The normalized spacial score (nSPS) is 21.4. The topological polar surface area (TPSA) is 79.7 Å². The number of hydrogen-bond acceptors (Lipinski definition) is 6. The first kappa shape index (κ1) is 19.5. The van der Waals surface area contributed by atoms with Crippen LogP contribution in [-0.4, -0.2) is 45.2 Å². The third kappa shape index (κ3) is 4.36. The van der Waals surface area contributed by atoms with E-state index >= 15 is 0 Å². The van der Waals surface area contributed by atoms with Gasteiger partial charge in [0.05, 0.1) is 5.69 Å². The van der Waals surface area contributed by atoms with Crippen molar-refractivity contribution in [3.8, 4) is 10.6 Å². The van der Waals surface area contributed by atoms with E-state index in [2.05, 4.69) is 4.98 Å². The van der Waals surface area contributed by atoms with Gasteiger partial charge in [0.2, 0.25) is 0 Å². The van der Waals surface area contributed by atoms with Crippen LogP contribution in [0.15, 0.2) is 35.7 Å². The largest absolute Gasteiger partial charge is 0.480 e. The van der Waals surface area contributed by atoms with Crippen LogP contribution >= 0.6 is 11.3 Å². The van der Waals surface area contributed by atoms with Crippen molar-refractivity contribution < 1.29 is 19.4 Å². The van der Waals surface area contributed by atoms with Crippen molar-refractivity contribution in [3.05, 3.63) is 41.4 Å². The van der Waals surface area contributed by atoms with Crippen molar-refractivity contribution in [1.82, 2.24) is 9.88 Å². The molecule has 1 N–H and O–H groups in total. The van der Waals surface area contributed by atoms with E-state index in [0.717, 1.165) is 10.6 Å². The minimum atomic E-state index is -0.969. The molecule has 0 radical (unpaired) electrons. The molecular formula is C20H24N2O4S. The van der Waals surface area contributed by atoms with E-state index in [1.807, 2.05) is 49.6 Å². The third-order valence-corrected chi connectivity index (χ3v) is 5.59. The summed E-state index contributed by atoms with van der Waals surface area (Å²) in [6.45, 7) is 5.75. The van der Waals surface area contributed by atoms with Gasteiger partial charge in [-0.1, -0.05) is 44.2 Å². The number of aromatic nitrogens is 1. The SMILES string of the molecule is CC(C)CC1C(=O)OC(C)N1C(Cc1csc(-c2ccccc2)n1)C(=O)O. The Hall–Kier alpha value is -2.25. The molecule has 6 nitrogen and oxygen atoms in total. The Morgan fingerprint density at radius 3 is 2.67 bits per heavy atom. The first-order chi connectivity index (χ1) is 12.9. The van der Waals surface area contributed by atoms with Crippen molar-refractivity contribution in [2.45, 2.75) is 51.9 Å². The summed E-state index contributed by atoms with van der Waals surface area (Å²) in [7, 11) is 0. The van der Waals surface area contributed by atoms with Gasteiger partial charge in [-0.15, -0.1) is 11.3 Å². The van der Waals surface area contributed by atoms with Gasteiger partial charge in [-0.25, -0.2) is 9.88 Å². The summed E-state index contributed by atoms with van der Waals surface area (Å²) in [6, 6.07) is 8.40. The molecule has 1 aromatic carbocycles. The molecular weight excluding hydrogens is 364 g/mol. The van der Waals surface area contributed by atoms with Crippen LogP contribution in [0.2, 0.25) is 0 Å². The molecule has 3 atom stereocenters. The summed E-state index contributed by atoms with van der Waals surface area (Å²) in [5, 5.41) is 12.6. The standard InChI is InChI=1S/C20H24N2O4S/c1-12(2)9-17-20(25)26-13(3)22(17)16(19(23)24)10-15-11-27-18(21-15)14-7-5-4-6-8-14/h4-8,11-13,16-17H,9-10H2,1-3H3,(H,23,24). The maximum Gasteiger partial charge on any atom is 0.325 e. The molecule has 1 fully saturated rings. The molecule has 1 aromatic heterocycles. The smallest absolute Gasteiger partial charge is 0.325 e. The molecule has 2 heterocycles. The van der Waals surface area contributed by atoms with Gasteiger partial charge in [0, 0.05) is 17.4 Å². The van der Waals surface area contributed by atoms with E-state index in [9.17, 15) is 14.7 Å². The highest BCUT2D eigenvalue weighted by Gasteiger charge is 2.46.